The van der Waals surface area contributed by atoms with E-state index in [9.17, 15) is 4.79 Å². The third kappa shape index (κ3) is 1.41. The molecule has 0 radical (unpaired) electrons. The standard InChI is InChI=1S/C10H10N2OS2/c1-14-10-11-8-7(4-5-15-8)9(13)12(10)6-2-3-6/h4-6H,2-3H2,1H3. The van der Waals surface area contributed by atoms with Crippen molar-refractivity contribution in [3.63, 3.8) is 0 Å². The molecule has 2 heterocycles. The molecule has 0 spiro atoms. The van der Waals surface area contributed by atoms with Crippen LogP contribution in [0.1, 0.15) is 18.9 Å². The van der Waals surface area contributed by atoms with Crippen LogP contribution in [0.15, 0.2) is 21.4 Å². The number of rotatable bonds is 2. The molecule has 5 heteroatoms. The molecule has 0 aliphatic heterocycles. The van der Waals surface area contributed by atoms with Crippen LogP contribution in [0.3, 0.4) is 0 Å². The van der Waals surface area contributed by atoms with Crippen molar-refractivity contribution >= 4 is 33.3 Å². The van der Waals surface area contributed by atoms with Crippen LogP contribution in [0.4, 0.5) is 0 Å². The molecule has 3 nitrogen and oxygen atoms in total. The lowest BCUT2D eigenvalue weighted by Crippen LogP contribution is -2.21. The first-order valence-electron chi connectivity index (χ1n) is 4.85. The van der Waals surface area contributed by atoms with Crippen LogP contribution < -0.4 is 5.56 Å². The lowest BCUT2D eigenvalue weighted by atomic mass is 10.4. The second kappa shape index (κ2) is 3.35. The number of hydrogen-bond acceptors (Lipinski definition) is 4. The summed E-state index contributed by atoms with van der Waals surface area (Å²) in [5.74, 6) is 0. The average Bonchev–Trinajstić information content (AvgIpc) is 2.95. The van der Waals surface area contributed by atoms with Gasteiger partial charge in [0.15, 0.2) is 5.16 Å². The van der Waals surface area contributed by atoms with Crippen LogP contribution in [0.2, 0.25) is 0 Å². The summed E-state index contributed by atoms with van der Waals surface area (Å²) in [5, 5.41) is 3.56. The van der Waals surface area contributed by atoms with Gasteiger partial charge in [0, 0.05) is 6.04 Å². The number of nitrogens with zero attached hydrogens (tertiary/aromatic N) is 2. The van der Waals surface area contributed by atoms with Crippen molar-refractivity contribution < 1.29 is 0 Å². The third-order valence-electron chi connectivity index (χ3n) is 2.59. The summed E-state index contributed by atoms with van der Waals surface area (Å²) in [6.45, 7) is 0. The quantitative estimate of drug-likeness (QED) is 0.595. The van der Waals surface area contributed by atoms with Gasteiger partial charge >= 0.3 is 0 Å². The van der Waals surface area contributed by atoms with E-state index in [1.807, 2.05) is 22.3 Å². The number of thioether (sulfide) groups is 1. The van der Waals surface area contributed by atoms with Crippen molar-refractivity contribution in [2.45, 2.75) is 24.0 Å². The molecule has 0 amide bonds. The number of thiophene rings is 1. The first kappa shape index (κ1) is 9.42. The molecule has 0 N–H and O–H groups in total. The topological polar surface area (TPSA) is 34.9 Å². The zero-order valence-electron chi connectivity index (χ0n) is 8.27. The molecule has 0 bridgehead atoms. The second-order valence-corrected chi connectivity index (χ2v) is 5.31. The summed E-state index contributed by atoms with van der Waals surface area (Å²) in [7, 11) is 0. The van der Waals surface area contributed by atoms with Crippen LogP contribution in [-0.4, -0.2) is 15.8 Å². The molecule has 0 unspecified atom stereocenters. The molecule has 78 valence electrons. The Morgan fingerprint density at radius 3 is 3.07 bits per heavy atom. The van der Waals surface area contributed by atoms with Crippen LogP contribution in [0, 0.1) is 0 Å². The van der Waals surface area contributed by atoms with E-state index in [1.165, 1.54) is 11.3 Å². The fourth-order valence-electron chi connectivity index (χ4n) is 1.71. The fourth-order valence-corrected chi connectivity index (χ4v) is 3.13. The van der Waals surface area contributed by atoms with E-state index >= 15 is 0 Å². The molecule has 2 aromatic rings. The maximum Gasteiger partial charge on any atom is 0.263 e. The lowest BCUT2D eigenvalue weighted by Gasteiger charge is -2.08. The average molecular weight is 238 g/mol. The number of fused-ring (bicyclic) bond motifs is 1. The van der Waals surface area contributed by atoms with E-state index in [-0.39, 0.29) is 5.56 Å². The number of aromatic nitrogens is 2. The Morgan fingerprint density at radius 2 is 2.40 bits per heavy atom. The van der Waals surface area contributed by atoms with Gasteiger partial charge in [-0.25, -0.2) is 4.98 Å². The highest BCUT2D eigenvalue weighted by atomic mass is 32.2. The predicted molar refractivity (Wildman–Crippen MR) is 63.9 cm³/mol. The van der Waals surface area contributed by atoms with Gasteiger partial charge < -0.3 is 0 Å². The minimum absolute atomic E-state index is 0.133. The van der Waals surface area contributed by atoms with Crippen LogP contribution in [-0.2, 0) is 0 Å². The molecule has 1 fully saturated rings. The highest BCUT2D eigenvalue weighted by molar-refractivity contribution is 7.98. The molecular formula is C10H10N2OS2. The molecule has 1 aliphatic rings. The Morgan fingerprint density at radius 1 is 1.60 bits per heavy atom. The Bertz CT molecular complexity index is 568. The largest absolute Gasteiger partial charge is 0.284 e. The normalized spacial score (nSPS) is 16.1. The summed E-state index contributed by atoms with van der Waals surface area (Å²) in [4.78, 5) is 17.5. The summed E-state index contributed by atoms with van der Waals surface area (Å²) in [6, 6.07) is 2.27. The Balaban J connectivity index is 2.37. The van der Waals surface area contributed by atoms with Crippen molar-refractivity contribution in [2.24, 2.45) is 0 Å². The molecular weight excluding hydrogens is 228 g/mol. The molecule has 0 aromatic carbocycles. The van der Waals surface area contributed by atoms with Crippen LogP contribution in [0.25, 0.3) is 10.2 Å². The molecule has 15 heavy (non-hydrogen) atoms. The highest BCUT2D eigenvalue weighted by Gasteiger charge is 2.28. The molecule has 0 saturated heterocycles. The summed E-state index contributed by atoms with van der Waals surface area (Å²) < 4.78 is 1.86. The first-order valence-corrected chi connectivity index (χ1v) is 6.95. The zero-order valence-corrected chi connectivity index (χ0v) is 9.90. The van der Waals surface area contributed by atoms with Gasteiger partial charge in [0.05, 0.1) is 5.39 Å². The maximum atomic E-state index is 12.2. The van der Waals surface area contributed by atoms with Gasteiger partial charge in [0.25, 0.3) is 5.56 Å². The lowest BCUT2D eigenvalue weighted by molar-refractivity contribution is 0.619. The van der Waals surface area contributed by atoms with E-state index in [4.69, 9.17) is 0 Å². The van der Waals surface area contributed by atoms with Crippen molar-refractivity contribution in [1.82, 2.24) is 9.55 Å². The van der Waals surface area contributed by atoms with E-state index in [0.29, 0.717) is 6.04 Å². The van der Waals surface area contributed by atoms with Gasteiger partial charge in [-0.2, -0.15) is 0 Å². The van der Waals surface area contributed by atoms with Crippen LogP contribution >= 0.6 is 23.1 Å². The van der Waals surface area contributed by atoms with Gasteiger partial charge in [-0.1, -0.05) is 11.8 Å². The van der Waals surface area contributed by atoms with Gasteiger partial charge in [0.1, 0.15) is 4.83 Å². The predicted octanol–water partition coefficient (Wildman–Crippen LogP) is 2.51. The van der Waals surface area contributed by atoms with Gasteiger partial charge in [0.2, 0.25) is 0 Å². The van der Waals surface area contributed by atoms with Crippen molar-refractivity contribution in [3.8, 4) is 0 Å². The van der Waals surface area contributed by atoms with Gasteiger partial charge in [-0.05, 0) is 30.5 Å². The minimum Gasteiger partial charge on any atom is -0.284 e. The van der Waals surface area contributed by atoms with E-state index in [0.717, 1.165) is 28.2 Å². The molecule has 1 saturated carbocycles. The Labute approximate surface area is 95.1 Å². The third-order valence-corrected chi connectivity index (χ3v) is 4.05. The molecule has 0 atom stereocenters. The SMILES string of the molecule is CSc1nc2sccc2c(=O)n1C1CC1. The van der Waals surface area contributed by atoms with E-state index < -0.39 is 0 Å². The fraction of sp³-hybridized carbons (Fsp3) is 0.400. The zero-order chi connectivity index (χ0) is 10.4. The molecule has 2 aromatic heterocycles. The number of hydrogen-bond donors (Lipinski definition) is 0. The Kier molecular flexibility index (Phi) is 2.10. The van der Waals surface area contributed by atoms with Gasteiger partial charge in [-0.15, -0.1) is 11.3 Å². The van der Waals surface area contributed by atoms with E-state index in [1.54, 1.807) is 11.8 Å². The highest BCUT2D eigenvalue weighted by Crippen LogP contribution is 2.36. The smallest absolute Gasteiger partial charge is 0.263 e. The van der Waals surface area contributed by atoms with E-state index in [2.05, 4.69) is 4.98 Å². The maximum absolute atomic E-state index is 12.2. The molecule has 1 aliphatic carbocycles. The summed E-state index contributed by atoms with van der Waals surface area (Å²) >= 11 is 3.09. The second-order valence-electron chi connectivity index (χ2n) is 3.64. The van der Waals surface area contributed by atoms with Crippen molar-refractivity contribution in [1.29, 1.82) is 0 Å². The van der Waals surface area contributed by atoms with Crippen molar-refractivity contribution in [2.75, 3.05) is 6.26 Å². The van der Waals surface area contributed by atoms with Gasteiger partial charge in [-0.3, -0.25) is 9.36 Å². The molecule has 3 rings (SSSR count). The summed E-state index contributed by atoms with van der Waals surface area (Å²) in [5.41, 5.74) is 0.133. The summed E-state index contributed by atoms with van der Waals surface area (Å²) in [6.07, 6.45) is 4.20. The monoisotopic (exact) mass is 238 g/mol. The first-order chi connectivity index (χ1) is 7.31. The van der Waals surface area contributed by atoms with Crippen LogP contribution in [0.5, 0.6) is 0 Å². The van der Waals surface area contributed by atoms with Crippen molar-refractivity contribution in [3.05, 3.63) is 21.8 Å². The minimum atomic E-state index is 0.133. The Hall–Kier alpha value is -0.810.